The number of nitrogens with zero attached hydrogens (tertiary/aromatic N) is 3. The van der Waals surface area contributed by atoms with Gasteiger partial charge in [0, 0.05) is 29.7 Å². The normalized spacial score (nSPS) is 15.6. The lowest BCUT2D eigenvalue weighted by Gasteiger charge is -2.26. The minimum atomic E-state index is -3.51. The second-order valence-corrected chi connectivity index (χ2v) is 10.8. The Kier molecular flexibility index (Phi) is 6.26. The molecule has 1 fully saturated rings. The largest absolute Gasteiger partial charge is 0.285 e. The monoisotopic (exact) mass is 475 g/mol. The van der Waals surface area contributed by atoms with E-state index in [1.807, 2.05) is 78.2 Å². The molecule has 4 aromatic rings. The molecule has 0 atom stereocenters. The van der Waals surface area contributed by atoms with E-state index in [-0.39, 0.29) is 0 Å². The summed E-state index contributed by atoms with van der Waals surface area (Å²) in [6.45, 7) is 1.18. The maximum Gasteiger partial charge on any atom is 0.243 e. The van der Waals surface area contributed by atoms with Crippen LogP contribution in [0.15, 0.2) is 100 Å². The molecule has 0 saturated carbocycles. The lowest BCUT2D eigenvalue weighted by Crippen LogP contribution is -2.35. The van der Waals surface area contributed by atoms with Crippen LogP contribution in [0.1, 0.15) is 19.3 Å². The second kappa shape index (κ2) is 9.47. The van der Waals surface area contributed by atoms with E-state index in [2.05, 4.69) is 4.57 Å². The predicted octanol–water partition coefficient (Wildman–Crippen LogP) is 5.61. The fraction of sp³-hybridized carbons (Fsp3) is 0.192. The molecule has 168 valence electrons. The van der Waals surface area contributed by atoms with Crippen LogP contribution in [0.3, 0.4) is 0 Å². The number of benzene rings is 3. The third-order valence-electron chi connectivity index (χ3n) is 5.79. The SMILES string of the molecule is O=S(=O)(c1cccc(-c2csc(=Nc3ccccc3)n2-c2ccccc2)c1)N1CCCCC1. The third-order valence-corrected chi connectivity index (χ3v) is 8.51. The van der Waals surface area contributed by atoms with Gasteiger partial charge in [-0.15, -0.1) is 11.3 Å². The Hall–Kier alpha value is -3.00. The number of para-hydroxylation sites is 2. The minimum absolute atomic E-state index is 0.342. The first kappa shape index (κ1) is 21.8. The molecule has 1 aliphatic rings. The summed E-state index contributed by atoms with van der Waals surface area (Å²) in [5.41, 5.74) is 3.61. The van der Waals surface area contributed by atoms with Crippen LogP contribution < -0.4 is 4.80 Å². The molecule has 0 aliphatic carbocycles. The Labute approximate surface area is 198 Å². The fourth-order valence-electron chi connectivity index (χ4n) is 4.10. The van der Waals surface area contributed by atoms with Gasteiger partial charge < -0.3 is 0 Å². The van der Waals surface area contributed by atoms with Crippen LogP contribution in [-0.2, 0) is 10.0 Å². The highest BCUT2D eigenvalue weighted by molar-refractivity contribution is 7.89. The molecule has 2 heterocycles. The lowest BCUT2D eigenvalue weighted by atomic mass is 10.1. The van der Waals surface area contributed by atoms with Crippen molar-refractivity contribution in [3.8, 4) is 16.9 Å². The number of sulfonamides is 1. The highest BCUT2D eigenvalue weighted by Crippen LogP contribution is 2.28. The van der Waals surface area contributed by atoms with E-state index in [0.29, 0.717) is 18.0 Å². The van der Waals surface area contributed by atoms with Gasteiger partial charge in [0.05, 0.1) is 16.3 Å². The van der Waals surface area contributed by atoms with E-state index >= 15 is 0 Å². The molecule has 0 unspecified atom stereocenters. The molecule has 0 radical (unpaired) electrons. The van der Waals surface area contributed by atoms with Crippen molar-refractivity contribution in [3.05, 3.63) is 95.1 Å². The third kappa shape index (κ3) is 4.57. The fourth-order valence-corrected chi connectivity index (χ4v) is 6.59. The van der Waals surface area contributed by atoms with Gasteiger partial charge in [-0.1, -0.05) is 55.0 Å². The van der Waals surface area contributed by atoms with Crippen molar-refractivity contribution < 1.29 is 8.42 Å². The smallest absolute Gasteiger partial charge is 0.243 e. The molecular formula is C26H25N3O2S2. The van der Waals surface area contributed by atoms with E-state index in [1.165, 1.54) is 11.3 Å². The van der Waals surface area contributed by atoms with Gasteiger partial charge in [-0.2, -0.15) is 4.31 Å². The Balaban J connectivity index is 1.63. The summed E-state index contributed by atoms with van der Waals surface area (Å²) in [7, 11) is -3.51. The van der Waals surface area contributed by atoms with Crippen LogP contribution in [0.2, 0.25) is 0 Å². The van der Waals surface area contributed by atoms with Gasteiger partial charge in [0.1, 0.15) is 0 Å². The van der Waals surface area contributed by atoms with Crippen molar-refractivity contribution in [3.63, 3.8) is 0 Å². The number of rotatable bonds is 5. The first-order valence-corrected chi connectivity index (χ1v) is 13.4. The van der Waals surface area contributed by atoms with Crippen molar-refractivity contribution >= 4 is 27.0 Å². The van der Waals surface area contributed by atoms with Crippen LogP contribution >= 0.6 is 11.3 Å². The first-order valence-electron chi connectivity index (χ1n) is 11.1. The van der Waals surface area contributed by atoms with Crippen LogP contribution in [0.25, 0.3) is 16.9 Å². The van der Waals surface area contributed by atoms with E-state index in [4.69, 9.17) is 4.99 Å². The average Bonchev–Trinajstić information content (AvgIpc) is 3.29. The van der Waals surface area contributed by atoms with Crippen LogP contribution in [0.4, 0.5) is 5.69 Å². The lowest BCUT2D eigenvalue weighted by molar-refractivity contribution is 0.346. The topological polar surface area (TPSA) is 54.7 Å². The molecule has 3 aromatic carbocycles. The number of hydrogen-bond donors (Lipinski definition) is 0. The summed E-state index contributed by atoms with van der Waals surface area (Å²) in [5, 5.41) is 2.04. The molecule has 0 spiro atoms. The summed E-state index contributed by atoms with van der Waals surface area (Å²) in [4.78, 5) is 6.03. The van der Waals surface area contributed by atoms with Gasteiger partial charge in [0.25, 0.3) is 0 Å². The van der Waals surface area contributed by atoms with Gasteiger partial charge in [-0.25, -0.2) is 13.4 Å². The zero-order valence-corrected chi connectivity index (χ0v) is 19.8. The number of hydrogen-bond acceptors (Lipinski definition) is 4. The summed E-state index contributed by atoms with van der Waals surface area (Å²) in [6, 6.07) is 27.2. The molecule has 1 aliphatic heterocycles. The molecule has 33 heavy (non-hydrogen) atoms. The molecule has 5 nitrogen and oxygen atoms in total. The highest BCUT2D eigenvalue weighted by Gasteiger charge is 2.26. The first-order chi connectivity index (χ1) is 16.1. The van der Waals surface area contributed by atoms with Gasteiger partial charge >= 0.3 is 0 Å². The molecule has 0 bridgehead atoms. The maximum absolute atomic E-state index is 13.3. The van der Waals surface area contributed by atoms with Gasteiger partial charge in [0.15, 0.2) is 4.80 Å². The molecule has 1 saturated heterocycles. The minimum Gasteiger partial charge on any atom is -0.285 e. The molecule has 1 aromatic heterocycles. The van der Waals surface area contributed by atoms with Crippen molar-refractivity contribution in [1.82, 2.24) is 8.87 Å². The van der Waals surface area contributed by atoms with Crippen molar-refractivity contribution in [2.75, 3.05) is 13.1 Å². The van der Waals surface area contributed by atoms with Crippen molar-refractivity contribution in [2.24, 2.45) is 4.99 Å². The van der Waals surface area contributed by atoms with E-state index in [0.717, 1.165) is 46.7 Å². The zero-order chi connectivity index (χ0) is 22.7. The maximum atomic E-state index is 13.3. The number of thiazole rings is 1. The van der Waals surface area contributed by atoms with E-state index in [9.17, 15) is 8.42 Å². The zero-order valence-electron chi connectivity index (χ0n) is 18.2. The number of piperidine rings is 1. The standard InChI is InChI=1S/C26H25N3O2S2/c30-33(31,28-17-8-3-9-18-28)24-16-10-11-21(19-24)25-20-32-26(27-22-12-4-1-5-13-22)29(25)23-14-6-2-7-15-23/h1-2,4-7,10-16,19-20H,3,8-9,17-18H2. The molecular weight excluding hydrogens is 450 g/mol. The Morgan fingerprint density at radius 1 is 0.788 bits per heavy atom. The van der Waals surface area contributed by atoms with Crippen LogP contribution in [0, 0.1) is 0 Å². The van der Waals surface area contributed by atoms with E-state index < -0.39 is 10.0 Å². The quantitative estimate of drug-likeness (QED) is 0.377. The average molecular weight is 476 g/mol. The van der Waals surface area contributed by atoms with Gasteiger partial charge in [-0.05, 0) is 49.2 Å². The molecule has 0 N–H and O–H groups in total. The molecule has 5 rings (SSSR count). The number of aromatic nitrogens is 1. The van der Waals surface area contributed by atoms with Crippen molar-refractivity contribution in [2.45, 2.75) is 24.2 Å². The van der Waals surface area contributed by atoms with Crippen molar-refractivity contribution in [1.29, 1.82) is 0 Å². The summed E-state index contributed by atoms with van der Waals surface area (Å²) >= 11 is 1.54. The summed E-state index contributed by atoms with van der Waals surface area (Å²) in [5.74, 6) is 0. The summed E-state index contributed by atoms with van der Waals surface area (Å²) in [6.07, 6.45) is 2.93. The summed E-state index contributed by atoms with van der Waals surface area (Å²) < 4.78 is 30.3. The molecule has 0 amide bonds. The second-order valence-electron chi connectivity index (χ2n) is 8.01. The Bertz CT molecular complexity index is 1400. The van der Waals surface area contributed by atoms with Crippen LogP contribution in [0.5, 0.6) is 0 Å². The van der Waals surface area contributed by atoms with E-state index in [1.54, 1.807) is 16.4 Å². The highest BCUT2D eigenvalue weighted by atomic mass is 32.2. The molecule has 7 heteroatoms. The van der Waals surface area contributed by atoms with Gasteiger partial charge in [0.2, 0.25) is 10.0 Å². The van der Waals surface area contributed by atoms with Gasteiger partial charge in [-0.3, -0.25) is 4.57 Å². The predicted molar refractivity (Wildman–Crippen MR) is 133 cm³/mol. The van der Waals surface area contributed by atoms with Crippen LogP contribution in [-0.4, -0.2) is 30.4 Å². The Morgan fingerprint density at radius 3 is 2.21 bits per heavy atom. The Morgan fingerprint density at radius 2 is 1.48 bits per heavy atom.